The predicted molar refractivity (Wildman–Crippen MR) is 78.2 cm³/mol. The van der Waals surface area contributed by atoms with Gasteiger partial charge in [0.25, 0.3) is 0 Å². The molecule has 0 saturated carbocycles. The first-order valence-corrected chi connectivity index (χ1v) is 6.73. The number of benzene rings is 1. The maximum atomic E-state index is 11.7. The van der Waals surface area contributed by atoms with Crippen molar-refractivity contribution in [1.82, 2.24) is 10.9 Å². The molecule has 0 aliphatic carbocycles. The average molecular weight is 294 g/mol. The lowest BCUT2D eigenvalue weighted by atomic mass is 10.2. The normalized spacial score (nSPS) is 12.4. The molecule has 1 rings (SSSR count). The molecule has 1 atom stereocenters. The fourth-order valence-corrected chi connectivity index (χ4v) is 1.38. The quantitative estimate of drug-likeness (QED) is 0.643. The fourth-order valence-electron chi connectivity index (χ4n) is 1.38. The molecule has 6 nitrogen and oxygen atoms in total. The van der Waals surface area contributed by atoms with Crippen LogP contribution in [0.4, 0.5) is 4.79 Å². The summed E-state index contributed by atoms with van der Waals surface area (Å²) in [7, 11) is 0. The van der Waals surface area contributed by atoms with E-state index in [-0.39, 0.29) is 6.61 Å². The van der Waals surface area contributed by atoms with E-state index in [2.05, 4.69) is 10.9 Å². The Morgan fingerprint density at radius 1 is 1.19 bits per heavy atom. The molecule has 2 N–H and O–H groups in total. The minimum atomic E-state index is -0.673. The van der Waals surface area contributed by atoms with Crippen LogP contribution >= 0.6 is 0 Å². The Morgan fingerprint density at radius 3 is 2.38 bits per heavy atom. The van der Waals surface area contributed by atoms with Gasteiger partial charge in [0.1, 0.15) is 18.2 Å². The van der Waals surface area contributed by atoms with Gasteiger partial charge >= 0.3 is 12.1 Å². The zero-order valence-corrected chi connectivity index (χ0v) is 12.8. The summed E-state index contributed by atoms with van der Waals surface area (Å²) in [4.78, 5) is 23.2. The number of hydrogen-bond acceptors (Lipinski definition) is 5. The average Bonchev–Trinajstić information content (AvgIpc) is 2.41. The van der Waals surface area contributed by atoms with Crippen molar-refractivity contribution in [3.63, 3.8) is 0 Å². The van der Waals surface area contributed by atoms with E-state index in [4.69, 9.17) is 9.47 Å². The number of nitrogens with one attached hydrogen (secondary N) is 2. The van der Waals surface area contributed by atoms with Crippen LogP contribution in [-0.2, 0) is 20.9 Å². The number of ether oxygens (including phenoxy) is 2. The summed E-state index contributed by atoms with van der Waals surface area (Å²) < 4.78 is 10.2. The van der Waals surface area contributed by atoms with Crippen LogP contribution in [0.25, 0.3) is 0 Å². The van der Waals surface area contributed by atoms with Gasteiger partial charge < -0.3 is 9.47 Å². The van der Waals surface area contributed by atoms with E-state index in [1.807, 2.05) is 30.3 Å². The predicted octanol–water partition coefficient (Wildman–Crippen LogP) is 2.15. The molecule has 0 fully saturated rings. The van der Waals surface area contributed by atoms with Gasteiger partial charge in [-0.3, -0.25) is 10.2 Å². The van der Waals surface area contributed by atoms with Gasteiger partial charge in [-0.15, -0.1) is 0 Å². The summed E-state index contributed by atoms with van der Waals surface area (Å²) in [6.45, 7) is 7.08. The maximum Gasteiger partial charge on any atom is 0.421 e. The lowest BCUT2D eigenvalue weighted by Gasteiger charge is -2.22. The summed E-state index contributed by atoms with van der Waals surface area (Å²) in [5, 5.41) is 0. The third-order valence-corrected chi connectivity index (χ3v) is 2.36. The van der Waals surface area contributed by atoms with Crippen LogP contribution in [0.3, 0.4) is 0 Å². The summed E-state index contributed by atoms with van der Waals surface area (Å²) in [6, 6.07) is 8.63. The molecule has 6 heteroatoms. The minimum Gasteiger partial charge on any atom is -0.459 e. The van der Waals surface area contributed by atoms with Gasteiger partial charge in [0, 0.05) is 0 Å². The summed E-state index contributed by atoms with van der Waals surface area (Å²) >= 11 is 0. The molecular weight excluding hydrogens is 272 g/mol. The van der Waals surface area contributed by atoms with Gasteiger partial charge in [-0.25, -0.2) is 10.2 Å². The standard InChI is InChI=1S/C15H22N2O4/c1-11(13(18)21-15(2,3)4)16-17-14(19)20-10-12-8-6-5-7-9-12/h5-9,11,16H,10H2,1-4H3,(H,17,19). The van der Waals surface area contributed by atoms with Crippen molar-refractivity contribution in [1.29, 1.82) is 0 Å². The fraction of sp³-hybridized carbons (Fsp3) is 0.467. The molecule has 21 heavy (non-hydrogen) atoms. The summed E-state index contributed by atoms with van der Waals surface area (Å²) in [5.41, 5.74) is 5.16. The first-order chi connectivity index (χ1) is 9.78. The number of carbonyl (C=O) groups excluding carboxylic acids is 2. The molecule has 116 valence electrons. The van der Waals surface area contributed by atoms with Crippen molar-refractivity contribution in [3.05, 3.63) is 35.9 Å². The lowest BCUT2D eigenvalue weighted by Crippen LogP contribution is -2.48. The molecule has 0 saturated heterocycles. The molecule has 0 heterocycles. The molecule has 1 aromatic carbocycles. The number of amides is 1. The Morgan fingerprint density at radius 2 is 1.81 bits per heavy atom. The van der Waals surface area contributed by atoms with Crippen LogP contribution in [0.5, 0.6) is 0 Å². The van der Waals surface area contributed by atoms with E-state index < -0.39 is 23.7 Å². The van der Waals surface area contributed by atoms with Crippen LogP contribution in [0.1, 0.15) is 33.3 Å². The zero-order chi connectivity index (χ0) is 15.9. The largest absolute Gasteiger partial charge is 0.459 e. The monoisotopic (exact) mass is 294 g/mol. The Bertz CT molecular complexity index is 468. The molecule has 0 aliphatic heterocycles. The van der Waals surface area contributed by atoms with Crippen molar-refractivity contribution in [2.75, 3.05) is 0 Å². The highest BCUT2D eigenvalue weighted by Gasteiger charge is 2.21. The highest BCUT2D eigenvalue weighted by molar-refractivity contribution is 5.76. The van der Waals surface area contributed by atoms with E-state index in [9.17, 15) is 9.59 Å². The Kier molecular flexibility index (Phi) is 6.17. The van der Waals surface area contributed by atoms with Crippen LogP contribution in [0, 0.1) is 0 Å². The number of esters is 1. The Hall–Kier alpha value is -2.08. The first-order valence-electron chi connectivity index (χ1n) is 6.73. The second-order valence-corrected chi connectivity index (χ2v) is 5.59. The maximum absolute atomic E-state index is 11.7. The van der Waals surface area contributed by atoms with Crippen LogP contribution in [-0.4, -0.2) is 23.7 Å². The van der Waals surface area contributed by atoms with Gasteiger partial charge in [0.15, 0.2) is 0 Å². The van der Waals surface area contributed by atoms with Crippen molar-refractivity contribution in [2.45, 2.75) is 45.9 Å². The van der Waals surface area contributed by atoms with Crippen molar-refractivity contribution in [2.24, 2.45) is 0 Å². The zero-order valence-electron chi connectivity index (χ0n) is 12.8. The number of rotatable bonds is 5. The molecule has 0 radical (unpaired) electrons. The molecular formula is C15H22N2O4. The summed E-state index contributed by atoms with van der Waals surface area (Å²) in [6.07, 6.45) is -0.658. The molecule has 0 aromatic heterocycles. The van der Waals surface area contributed by atoms with Crippen LogP contribution < -0.4 is 10.9 Å². The van der Waals surface area contributed by atoms with Crippen LogP contribution in [0.15, 0.2) is 30.3 Å². The van der Waals surface area contributed by atoms with Crippen LogP contribution in [0.2, 0.25) is 0 Å². The number of hydrazine groups is 1. The molecule has 0 bridgehead atoms. The third kappa shape index (κ3) is 7.31. The smallest absolute Gasteiger partial charge is 0.421 e. The highest BCUT2D eigenvalue weighted by Crippen LogP contribution is 2.08. The molecule has 1 amide bonds. The van der Waals surface area contributed by atoms with Crippen molar-refractivity contribution >= 4 is 12.1 Å². The van der Waals surface area contributed by atoms with E-state index in [0.29, 0.717) is 0 Å². The van der Waals surface area contributed by atoms with E-state index in [0.717, 1.165) is 5.56 Å². The van der Waals surface area contributed by atoms with Gasteiger partial charge in [0.2, 0.25) is 0 Å². The van der Waals surface area contributed by atoms with Gasteiger partial charge in [-0.1, -0.05) is 30.3 Å². The van der Waals surface area contributed by atoms with E-state index >= 15 is 0 Å². The number of hydrogen-bond donors (Lipinski definition) is 2. The second-order valence-electron chi connectivity index (χ2n) is 5.59. The van der Waals surface area contributed by atoms with Crippen molar-refractivity contribution in [3.8, 4) is 0 Å². The Labute approximate surface area is 124 Å². The van der Waals surface area contributed by atoms with E-state index in [1.54, 1.807) is 27.7 Å². The second kappa shape index (κ2) is 7.64. The first kappa shape index (κ1) is 17.0. The SMILES string of the molecule is CC(NNC(=O)OCc1ccccc1)C(=O)OC(C)(C)C. The number of carbonyl (C=O) groups is 2. The lowest BCUT2D eigenvalue weighted by molar-refractivity contribution is -0.157. The van der Waals surface area contributed by atoms with Gasteiger partial charge in [-0.05, 0) is 33.3 Å². The van der Waals surface area contributed by atoms with Gasteiger partial charge in [-0.2, -0.15) is 0 Å². The van der Waals surface area contributed by atoms with Crippen molar-refractivity contribution < 1.29 is 19.1 Å². The van der Waals surface area contributed by atoms with E-state index in [1.165, 1.54) is 0 Å². The highest BCUT2D eigenvalue weighted by atomic mass is 16.6. The van der Waals surface area contributed by atoms with Gasteiger partial charge in [0.05, 0.1) is 0 Å². The molecule has 1 unspecified atom stereocenters. The molecule has 0 spiro atoms. The summed E-state index contributed by atoms with van der Waals surface area (Å²) in [5.74, 6) is -0.453. The minimum absolute atomic E-state index is 0.162. The topological polar surface area (TPSA) is 76.7 Å². The molecule has 0 aliphatic rings. The Balaban J connectivity index is 2.28. The molecule has 1 aromatic rings. The third-order valence-electron chi connectivity index (χ3n) is 2.36.